The minimum atomic E-state index is -0.594. The van der Waals surface area contributed by atoms with Gasteiger partial charge in [-0.3, -0.25) is 24.3 Å². The van der Waals surface area contributed by atoms with Gasteiger partial charge in [-0.2, -0.15) is 0 Å². The highest BCUT2D eigenvalue weighted by Crippen LogP contribution is 2.49. The van der Waals surface area contributed by atoms with Crippen molar-refractivity contribution in [3.8, 4) is 0 Å². The number of carbonyl (C=O) groups excluding carboxylic acids is 3. The van der Waals surface area contributed by atoms with Gasteiger partial charge in [0.05, 0.1) is 13.0 Å². The quantitative estimate of drug-likeness (QED) is 0.533. The largest absolute Gasteiger partial charge is 0.466 e. The average Bonchev–Trinajstić information content (AvgIpc) is 3.65. The zero-order chi connectivity index (χ0) is 25.7. The molecule has 192 valence electrons. The molecule has 0 radical (unpaired) electrons. The first-order valence-corrected chi connectivity index (χ1v) is 12.6. The van der Waals surface area contributed by atoms with Crippen LogP contribution in [0.5, 0.6) is 0 Å². The van der Waals surface area contributed by atoms with Crippen molar-refractivity contribution in [3.05, 3.63) is 52.6 Å². The molecule has 1 atom stereocenters. The third-order valence-corrected chi connectivity index (χ3v) is 6.82. The lowest BCUT2D eigenvalue weighted by atomic mass is 10.0. The maximum atomic E-state index is 13.4. The number of aryl methyl sites for hydroxylation is 1. The Bertz CT molecular complexity index is 1090. The molecule has 4 rings (SSSR count). The zero-order valence-corrected chi connectivity index (χ0v) is 21.3. The summed E-state index contributed by atoms with van der Waals surface area (Å²) in [5, 5.41) is 10.9. The summed E-state index contributed by atoms with van der Waals surface area (Å²) in [7, 11) is 0. The van der Waals surface area contributed by atoms with Crippen LogP contribution in [0.15, 0.2) is 30.5 Å². The van der Waals surface area contributed by atoms with Gasteiger partial charge in [0, 0.05) is 50.0 Å². The number of pyridine rings is 1. The van der Waals surface area contributed by atoms with Crippen LogP contribution in [-0.2, 0) is 14.3 Å². The molecule has 0 aromatic carbocycles. The van der Waals surface area contributed by atoms with E-state index in [0.717, 1.165) is 24.1 Å². The van der Waals surface area contributed by atoms with Crippen LogP contribution in [-0.4, -0.2) is 82.1 Å². The predicted molar refractivity (Wildman–Crippen MR) is 132 cm³/mol. The molecule has 1 unspecified atom stereocenters. The van der Waals surface area contributed by atoms with Gasteiger partial charge in [0.2, 0.25) is 5.91 Å². The van der Waals surface area contributed by atoms with Crippen LogP contribution < -0.4 is 5.32 Å². The van der Waals surface area contributed by atoms with Crippen molar-refractivity contribution in [2.45, 2.75) is 39.2 Å². The van der Waals surface area contributed by atoms with Crippen molar-refractivity contribution in [2.75, 3.05) is 39.3 Å². The van der Waals surface area contributed by atoms with E-state index in [1.807, 2.05) is 19.1 Å². The monoisotopic (exact) mass is 514 g/mol. The van der Waals surface area contributed by atoms with E-state index in [0.29, 0.717) is 32.8 Å². The lowest BCUT2D eigenvalue weighted by Crippen LogP contribution is -2.44. The number of halogens is 1. The molecular weight excluding hydrogens is 484 g/mol. The fourth-order valence-electron chi connectivity index (χ4n) is 4.56. The summed E-state index contributed by atoms with van der Waals surface area (Å²) in [5.41, 5.74) is 1.80. The summed E-state index contributed by atoms with van der Waals surface area (Å²) >= 11 is 5.83. The number of esters is 1. The number of nitrogens with one attached hydrogen (secondary N) is 1. The third kappa shape index (κ3) is 6.36. The van der Waals surface area contributed by atoms with Gasteiger partial charge in [0.1, 0.15) is 6.04 Å². The molecule has 10 nitrogen and oxygen atoms in total. The summed E-state index contributed by atoms with van der Waals surface area (Å²) in [6.07, 6.45) is 3.78. The van der Waals surface area contributed by atoms with Gasteiger partial charge in [-0.1, -0.05) is 17.7 Å². The van der Waals surface area contributed by atoms with Crippen LogP contribution >= 0.6 is 11.6 Å². The topological polar surface area (TPSA) is 118 Å². The summed E-state index contributed by atoms with van der Waals surface area (Å²) in [6, 6.07) is 6.34. The summed E-state index contributed by atoms with van der Waals surface area (Å²) in [4.78, 5) is 46.7. The molecule has 1 saturated carbocycles. The fourth-order valence-corrected chi connectivity index (χ4v) is 4.66. The lowest BCUT2D eigenvalue weighted by Gasteiger charge is -2.31. The zero-order valence-electron chi connectivity index (χ0n) is 20.6. The SMILES string of the molecule is CCOC(=O)CCNC(=O)C(c1ccc(C)nc1)N1CCN(C(=O)c2ccc(Cl)nn2)CC2(CC2)C1. The van der Waals surface area contributed by atoms with Crippen LogP contribution in [0.25, 0.3) is 0 Å². The molecule has 2 aliphatic rings. The highest BCUT2D eigenvalue weighted by atomic mass is 35.5. The Morgan fingerprint density at radius 2 is 1.94 bits per heavy atom. The molecule has 2 fully saturated rings. The standard InChI is InChI=1S/C25H31ClN6O4/c1-3-36-21(33)8-11-27-23(34)22(18-5-4-17(2)28-14-18)31-12-13-32(16-25(15-31)9-10-25)24(35)19-6-7-20(26)30-29-19/h4-7,14,22H,3,8-13,15-16H2,1-2H3,(H,27,34). The Morgan fingerprint density at radius 3 is 2.58 bits per heavy atom. The number of ether oxygens (including phenoxy) is 1. The van der Waals surface area contributed by atoms with Gasteiger partial charge in [-0.15, -0.1) is 10.2 Å². The maximum Gasteiger partial charge on any atom is 0.307 e. The lowest BCUT2D eigenvalue weighted by molar-refractivity contribution is -0.143. The third-order valence-electron chi connectivity index (χ3n) is 6.61. The number of carbonyl (C=O) groups is 3. The molecule has 2 amide bonds. The second kappa shape index (κ2) is 11.3. The van der Waals surface area contributed by atoms with Gasteiger partial charge < -0.3 is 15.0 Å². The van der Waals surface area contributed by atoms with Crippen molar-refractivity contribution < 1.29 is 19.1 Å². The molecule has 1 aliphatic heterocycles. The van der Waals surface area contributed by atoms with E-state index in [1.54, 1.807) is 30.2 Å². The van der Waals surface area contributed by atoms with E-state index in [2.05, 4.69) is 25.4 Å². The van der Waals surface area contributed by atoms with Crippen molar-refractivity contribution in [3.63, 3.8) is 0 Å². The number of amides is 2. The second-order valence-electron chi connectivity index (χ2n) is 9.42. The Labute approximate surface area is 215 Å². The molecule has 1 spiro atoms. The highest BCUT2D eigenvalue weighted by molar-refractivity contribution is 6.29. The molecular formula is C25H31ClN6O4. The molecule has 1 aliphatic carbocycles. The van der Waals surface area contributed by atoms with Gasteiger partial charge >= 0.3 is 5.97 Å². The normalized spacial score (nSPS) is 17.8. The van der Waals surface area contributed by atoms with Crippen LogP contribution in [0.2, 0.25) is 5.15 Å². The van der Waals surface area contributed by atoms with Gasteiger partial charge in [0.25, 0.3) is 5.91 Å². The Hall–Kier alpha value is -3.11. The Kier molecular flexibility index (Phi) is 8.15. The number of aromatic nitrogens is 3. The highest BCUT2D eigenvalue weighted by Gasteiger charge is 2.49. The molecule has 36 heavy (non-hydrogen) atoms. The van der Waals surface area contributed by atoms with E-state index in [9.17, 15) is 14.4 Å². The number of hydrogen-bond donors (Lipinski definition) is 1. The first-order valence-electron chi connectivity index (χ1n) is 12.2. The Balaban J connectivity index is 1.52. The molecule has 1 N–H and O–H groups in total. The second-order valence-corrected chi connectivity index (χ2v) is 9.81. The van der Waals surface area contributed by atoms with Crippen LogP contribution in [0.4, 0.5) is 0 Å². The number of hydrogen-bond acceptors (Lipinski definition) is 8. The van der Waals surface area contributed by atoms with Crippen LogP contribution in [0, 0.1) is 12.3 Å². The summed E-state index contributed by atoms with van der Waals surface area (Å²) in [6.45, 7) is 6.34. The molecule has 2 aromatic rings. The van der Waals surface area contributed by atoms with Gasteiger partial charge in [0.15, 0.2) is 10.8 Å². The molecule has 1 saturated heterocycles. The minimum absolute atomic E-state index is 0.0758. The van der Waals surface area contributed by atoms with Gasteiger partial charge in [-0.05, 0) is 50.5 Å². The van der Waals surface area contributed by atoms with E-state index in [-0.39, 0.29) is 47.0 Å². The van der Waals surface area contributed by atoms with E-state index in [4.69, 9.17) is 16.3 Å². The fraction of sp³-hybridized carbons (Fsp3) is 0.520. The first-order chi connectivity index (χ1) is 17.3. The van der Waals surface area contributed by atoms with Gasteiger partial charge in [-0.25, -0.2) is 0 Å². The van der Waals surface area contributed by atoms with Crippen LogP contribution in [0.1, 0.15) is 54.0 Å². The number of nitrogens with zero attached hydrogens (tertiary/aromatic N) is 5. The van der Waals surface area contributed by atoms with Crippen molar-refractivity contribution in [1.82, 2.24) is 30.3 Å². The minimum Gasteiger partial charge on any atom is -0.466 e. The predicted octanol–water partition coefficient (Wildman–Crippen LogP) is 2.18. The van der Waals surface area contributed by atoms with Crippen LogP contribution in [0.3, 0.4) is 0 Å². The smallest absolute Gasteiger partial charge is 0.307 e. The summed E-state index contributed by atoms with van der Waals surface area (Å²) in [5.74, 6) is -0.749. The average molecular weight is 515 g/mol. The Morgan fingerprint density at radius 1 is 1.14 bits per heavy atom. The van der Waals surface area contributed by atoms with Crippen molar-refractivity contribution in [1.29, 1.82) is 0 Å². The van der Waals surface area contributed by atoms with E-state index >= 15 is 0 Å². The molecule has 2 aromatic heterocycles. The maximum absolute atomic E-state index is 13.4. The van der Waals surface area contributed by atoms with E-state index < -0.39 is 6.04 Å². The number of rotatable bonds is 8. The molecule has 11 heteroatoms. The summed E-state index contributed by atoms with van der Waals surface area (Å²) < 4.78 is 4.96. The van der Waals surface area contributed by atoms with Crippen molar-refractivity contribution in [2.24, 2.45) is 5.41 Å². The molecule has 0 bridgehead atoms. The molecule has 3 heterocycles. The van der Waals surface area contributed by atoms with Crippen molar-refractivity contribution >= 4 is 29.4 Å². The first kappa shape index (κ1) is 26.0. The van der Waals surface area contributed by atoms with E-state index in [1.165, 1.54) is 0 Å².